The maximum Gasteiger partial charge on any atom is 0.333 e. The first kappa shape index (κ1) is 19.8. The summed E-state index contributed by atoms with van der Waals surface area (Å²) in [5, 5.41) is 4.07. The number of allylic oxidation sites excluding steroid dienone is 1. The van der Waals surface area contributed by atoms with Gasteiger partial charge in [-0.15, -0.1) is 0 Å². The van der Waals surface area contributed by atoms with Crippen molar-refractivity contribution in [3.05, 3.63) is 70.2 Å². The Morgan fingerprint density at radius 2 is 1.73 bits per heavy atom. The van der Waals surface area contributed by atoms with Crippen LogP contribution in [0.4, 0.5) is 11.4 Å². The number of carbonyl (C=O) groups is 2. The van der Waals surface area contributed by atoms with Crippen LogP contribution >= 0.6 is 23.2 Å². The van der Waals surface area contributed by atoms with Crippen LogP contribution in [0.5, 0.6) is 0 Å². The zero-order valence-electron chi connectivity index (χ0n) is 14.0. The Morgan fingerprint density at radius 1 is 1.04 bits per heavy atom. The predicted octanol–water partition coefficient (Wildman–Crippen LogP) is 4.90. The van der Waals surface area contributed by atoms with Crippen LogP contribution in [0.25, 0.3) is 0 Å². The molecule has 0 unspecified atom stereocenters. The van der Waals surface area contributed by atoms with E-state index in [-0.39, 0.29) is 6.42 Å². The third-order valence-electron chi connectivity index (χ3n) is 3.30. The number of anilines is 2. The molecule has 0 saturated heterocycles. The lowest BCUT2D eigenvalue weighted by Crippen LogP contribution is -2.14. The number of nitrogens with one attached hydrogen (secondary N) is 1. The topological polar surface area (TPSA) is 64.6 Å². The lowest BCUT2D eigenvalue weighted by atomic mass is 10.1. The first-order chi connectivity index (χ1) is 12.5. The van der Waals surface area contributed by atoms with Crippen molar-refractivity contribution >= 4 is 46.5 Å². The number of hydrogen-bond donors (Lipinski definition) is 1. The third kappa shape index (κ3) is 5.79. The summed E-state index contributed by atoms with van der Waals surface area (Å²) in [6.45, 7) is 1.25. The highest BCUT2D eigenvalue weighted by atomic mass is 35.5. The fourth-order valence-corrected chi connectivity index (χ4v) is 2.58. The van der Waals surface area contributed by atoms with Crippen LogP contribution in [-0.2, 0) is 25.5 Å². The largest absolute Gasteiger partial charge is 0.428 e. The zero-order valence-corrected chi connectivity index (χ0v) is 15.5. The first-order valence-electron chi connectivity index (χ1n) is 7.75. The molecule has 0 aliphatic carbocycles. The molecule has 0 radical (unpaired) electrons. The molecule has 0 bridgehead atoms. The molecule has 5 nitrogen and oxygen atoms in total. The molecule has 0 spiro atoms. The first-order valence-corrected chi connectivity index (χ1v) is 8.51. The Bertz CT molecular complexity index is 801. The zero-order chi connectivity index (χ0) is 18.9. The molecule has 0 saturated carbocycles. The highest BCUT2D eigenvalue weighted by molar-refractivity contribution is 6.39. The van der Waals surface area contributed by atoms with E-state index in [9.17, 15) is 9.59 Å². The summed E-state index contributed by atoms with van der Waals surface area (Å²) in [6, 6.07) is 12.4. The lowest BCUT2D eigenvalue weighted by molar-refractivity contribution is -0.163. The summed E-state index contributed by atoms with van der Waals surface area (Å²) < 4.78 is 9.65. The second kappa shape index (κ2) is 9.85. The quantitative estimate of drug-likeness (QED) is 0.411. The Balaban J connectivity index is 2.02. The van der Waals surface area contributed by atoms with Crippen LogP contribution in [0.3, 0.4) is 0 Å². The van der Waals surface area contributed by atoms with E-state index in [0.29, 0.717) is 27.0 Å². The van der Waals surface area contributed by atoms with E-state index in [0.717, 1.165) is 0 Å². The Hall–Kier alpha value is -2.50. The van der Waals surface area contributed by atoms with E-state index in [4.69, 9.17) is 32.7 Å². The van der Waals surface area contributed by atoms with Crippen LogP contribution in [0.15, 0.2) is 54.6 Å². The minimum atomic E-state index is -0.573. The van der Waals surface area contributed by atoms with Crippen LogP contribution < -0.4 is 5.32 Å². The highest BCUT2D eigenvalue weighted by Crippen LogP contribution is 2.33. The minimum absolute atomic E-state index is 0.00753. The van der Waals surface area contributed by atoms with Crippen molar-refractivity contribution in [3.63, 3.8) is 0 Å². The number of ether oxygens (including phenoxy) is 2. The van der Waals surface area contributed by atoms with Crippen molar-refractivity contribution < 1.29 is 19.1 Å². The van der Waals surface area contributed by atoms with Gasteiger partial charge in [-0.25, -0.2) is 4.79 Å². The molecular formula is C19H17Cl2NO4. The summed E-state index contributed by atoms with van der Waals surface area (Å²) in [5.41, 5.74) is 1.91. The average Bonchev–Trinajstić information content (AvgIpc) is 2.60. The molecule has 0 aliphatic rings. The van der Waals surface area contributed by atoms with E-state index < -0.39 is 18.7 Å². The maximum absolute atomic E-state index is 12.0. The second-order valence-electron chi connectivity index (χ2n) is 5.15. The van der Waals surface area contributed by atoms with E-state index in [2.05, 4.69) is 5.32 Å². The Morgan fingerprint density at radius 3 is 2.42 bits per heavy atom. The van der Waals surface area contributed by atoms with Gasteiger partial charge in [-0.2, -0.15) is 0 Å². The van der Waals surface area contributed by atoms with Crippen molar-refractivity contribution in [1.29, 1.82) is 0 Å². The number of para-hydroxylation sites is 2. The summed E-state index contributed by atoms with van der Waals surface area (Å²) >= 11 is 12.3. The molecule has 136 valence electrons. The Kier molecular flexibility index (Phi) is 7.51. The van der Waals surface area contributed by atoms with Crippen LogP contribution in [-0.4, -0.2) is 18.7 Å². The molecule has 0 amide bonds. The lowest BCUT2D eigenvalue weighted by Gasteiger charge is -2.14. The minimum Gasteiger partial charge on any atom is -0.428 e. The van der Waals surface area contributed by atoms with E-state index in [1.165, 1.54) is 12.2 Å². The van der Waals surface area contributed by atoms with E-state index >= 15 is 0 Å². The van der Waals surface area contributed by atoms with Crippen molar-refractivity contribution in [3.8, 4) is 0 Å². The smallest absolute Gasteiger partial charge is 0.333 e. The van der Waals surface area contributed by atoms with Crippen LogP contribution in [0, 0.1) is 0 Å². The molecular weight excluding hydrogens is 377 g/mol. The monoisotopic (exact) mass is 393 g/mol. The van der Waals surface area contributed by atoms with Gasteiger partial charge in [-0.3, -0.25) is 4.79 Å². The number of halogens is 2. The molecule has 0 aliphatic heterocycles. The highest BCUT2D eigenvalue weighted by Gasteiger charge is 2.12. The summed E-state index contributed by atoms with van der Waals surface area (Å²) in [6.07, 6.45) is 2.76. The van der Waals surface area contributed by atoms with Crippen LogP contribution in [0.2, 0.25) is 10.0 Å². The van der Waals surface area contributed by atoms with Crippen molar-refractivity contribution in [2.75, 3.05) is 12.1 Å². The van der Waals surface area contributed by atoms with Crippen molar-refractivity contribution in [2.45, 2.75) is 13.3 Å². The molecule has 1 N–H and O–H groups in total. The molecule has 2 aromatic carbocycles. The summed E-state index contributed by atoms with van der Waals surface area (Å²) in [4.78, 5) is 23.1. The fourth-order valence-electron chi connectivity index (χ4n) is 2.09. The second-order valence-corrected chi connectivity index (χ2v) is 5.97. The average molecular weight is 394 g/mol. The van der Waals surface area contributed by atoms with E-state index in [1.54, 1.807) is 43.3 Å². The van der Waals surface area contributed by atoms with Gasteiger partial charge in [-0.1, -0.05) is 53.5 Å². The van der Waals surface area contributed by atoms with Crippen molar-refractivity contribution in [2.24, 2.45) is 0 Å². The van der Waals surface area contributed by atoms with Gasteiger partial charge in [0, 0.05) is 11.8 Å². The van der Waals surface area contributed by atoms with Gasteiger partial charge in [0.1, 0.15) is 0 Å². The normalized spacial score (nSPS) is 10.6. The SMILES string of the molecule is C/C=C/C(=O)OCOC(=O)Cc1ccccc1Nc1c(Cl)cccc1Cl. The molecule has 2 rings (SSSR count). The molecule has 0 atom stereocenters. The van der Waals surface area contributed by atoms with E-state index in [1.807, 2.05) is 6.07 Å². The van der Waals surface area contributed by atoms with Gasteiger partial charge in [0.2, 0.25) is 6.79 Å². The fraction of sp³-hybridized carbons (Fsp3) is 0.158. The third-order valence-corrected chi connectivity index (χ3v) is 3.93. The summed E-state index contributed by atoms with van der Waals surface area (Å²) in [5.74, 6) is -1.10. The number of carbonyl (C=O) groups excluding carboxylic acids is 2. The maximum atomic E-state index is 12.0. The molecule has 0 fully saturated rings. The van der Waals surface area contributed by atoms with Gasteiger partial charge >= 0.3 is 11.9 Å². The molecule has 7 heteroatoms. The number of hydrogen-bond acceptors (Lipinski definition) is 5. The molecule has 0 aromatic heterocycles. The number of rotatable bonds is 7. The standard InChI is InChI=1S/C19H17Cl2NO4/c1-2-6-17(23)25-12-26-18(24)11-13-7-3-4-10-16(13)22-19-14(20)8-5-9-15(19)21/h2-10,22H,11-12H2,1H3/b6-2+. The van der Waals surface area contributed by atoms with Gasteiger partial charge in [0.15, 0.2) is 0 Å². The summed E-state index contributed by atoms with van der Waals surface area (Å²) in [7, 11) is 0. The number of esters is 2. The van der Waals surface area contributed by atoms with Gasteiger partial charge < -0.3 is 14.8 Å². The molecule has 0 heterocycles. The predicted molar refractivity (Wildman–Crippen MR) is 102 cm³/mol. The van der Waals surface area contributed by atoms with Gasteiger partial charge in [0.25, 0.3) is 0 Å². The van der Waals surface area contributed by atoms with Crippen molar-refractivity contribution in [1.82, 2.24) is 0 Å². The Labute approximate surface area is 161 Å². The van der Waals surface area contributed by atoms with Gasteiger partial charge in [-0.05, 0) is 30.7 Å². The molecule has 26 heavy (non-hydrogen) atoms. The number of benzene rings is 2. The van der Waals surface area contributed by atoms with Gasteiger partial charge in [0.05, 0.1) is 22.2 Å². The molecule has 2 aromatic rings. The van der Waals surface area contributed by atoms with Crippen LogP contribution in [0.1, 0.15) is 12.5 Å².